The molecular weight excluding hydrogens is 412 g/mol. The summed E-state index contributed by atoms with van der Waals surface area (Å²) in [5, 5.41) is 7.86. The molecule has 0 bridgehead atoms. The van der Waals surface area contributed by atoms with Crippen LogP contribution in [0.5, 0.6) is 0 Å². The maximum absolute atomic E-state index is 13.2. The van der Waals surface area contributed by atoms with Crippen LogP contribution in [-0.2, 0) is 14.3 Å². The van der Waals surface area contributed by atoms with Crippen LogP contribution in [0.1, 0.15) is 49.9 Å². The highest BCUT2D eigenvalue weighted by Gasteiger charge is 2.55. The van der Waals surface area contributed by atoms with Crippen LogP contribution in [-0.4, -0.2) is 41.9 Å². The standard InChI is InChI=1S/C24H28N2O4S/c1-15(2)13-18(23(29)26-24-11-3-6-21(24)30-14-20(24)27)25-22(28)17-9-7-16(8-10-17)19-5-4-12-31-19/h4-5,7-10,12,15,18,21H,3,6,11,13-14H2,1-2H3,(H,25,28)(H,26,29). The maximum atomic E-state index is 13.2. The topological polar surface area (TPSA) is 84.5 Å². The Morgan fingerprint density at radius 1 is 1.23 bits per heavy atom. The molecule has 3 unspecified atom stereocenters. The van der Waals surface area contributed by atoms with E-state index in [0.717, 1.165) is 23.3 Å². The number of ketones is 1. The zero-order chi connectivity index (χ0) is 22.0. The number of benzene rings is 1. The number of carbonyl (C=O) groups excluding carboxylic acids is 3. The van der Waals surface area contributed by atoms with Gasteiger partial charge in [-0.15, -0.1) is 11.3 Å². The molecular formula is C24H28N2O4S. The van der Waals surface area contributed by atoms with Gasteiger partial charge in [-0.1, -0.05) is 32.0 Å². The van der Waals surface area contributed by atoms with Crippen LogP contribution >= 0.6 is 11.3 Å². The summed E-state index contributed by atoms with van der Waals surface area (Å²) in [6.45, 7) is 4.05. The van der Waals surface area contributed by atoms with E-state index in [1.54, 1.807) is 23.5 Å². The van der Waals surface area contributed by atoms with Gasteiger partial charge in [-0.3, -0.25) is 14.4 Å². The van der Waals surface area contributed by atoms with Gasteiger partial charge < -0.3 is 15.4 Å². The highest BCUT2D eigenvalue weighted by Crippen LogP contribution is 2.38. The van der Waals surface area contributed by atoms with Gasteiger partial charge in [-0.05, 0) is 60.7 Å². The average molecular weight is 441 g/mol. The summed E-state index contributed by atoms with van der Waals surface area (Å²) in [5.74, 6) is -0.484. The van der Waals surface area contributed by atoms with Gasteiger partial charge in [0.2, 0.25) is 5.91 Å². The molecule has 7 heteroatoms. The van der Waals surface area contributed by atoms with Crippen LogP contribution in [0.15, 0.2) is 41.8 Å². The Kier molecular flexibility index (Phi) is 6.25. The van der Waals surface area contributed by atoms with Gasteiger partial charge in [0.05, 0.1) is 6.10 Å². The fourth-order valence-electron chi connectivity index (χ4n) is 4.52. The van der Waals surface area contributed by atoms with E-state index >= 15 is 0 Å². The van der Waals surface area contributed by atoms with E-state index in [2.05, 4.69) is 10.6 Å². The van der Waals surface area contributed by atoms with Crippen LogP contribution < -0.4 is 10.6 Å². The van der Waals surface area contributed by atoms with Gasteiger partial charge >= 0.3 is 0 Å². The highest BCUT2D eigenvalue weighted by molar-refractivity contribution is 7.13. The van der Waals surface area contributed by atoms with Crippen molar-refractivity contribution in [3.8, 4) is 10.4 Å². The lowest BCUT2D eigenvalue weighted by Crippen LogP contribution is -2.60. The summed E-state index contributed by atoms with van der Waals surface area (Å²) >= 11 is 1.64. The molecule has 1 aliphatic heterocycles. The third-order valence-electron chi connectivity index (χ3n) is 6.13. The van der Waals surface area contributed by atoms with Crippen LogP contribution in [0.25, 0.3) is 10.4 Å². The Labute approximate surface area is 186 Å². The van der Waals surface area contributed by atoms with Gasteiger partial charge in [0, 0.05) is 10.4 Å². The number of amides is 2. The molecule has 2 heterocycles. The number of rotatable bonds is 7. The minimum Gasteiger partial charge on any atom is -0.367 e. The molecule has 2 amide bonds. The van der Waals surface area contributed by atoms with Crippen molar-refractivity contribution in [3.05, 3.63) is 47.3 Å². The molecule has 2 N–H and O–H groups in total. The summed E-state index contributed by atoms with van der Waals surface area (Å²) in [6.07, 6.45) is 2.43. The van der Waals surface area contributed by atoms with Gasteiger partial charge in [0.25, 0.3) is 5.91 Å². The number of thiophene rings is 1. The first-order valence-electron chi connectivity index (χ1n) is 10.8. The summed E-state index contributed by atoms with van der Waals surface area (Å²) < 4.78 is 5.60. The number of carbonyl (C=O) groups is 3. The Morgan fingerprint density at radius 3 is 2.68 bits per heavy atom. The minimum absolute atomic E-state index is 0.0444. The fraction of sp³-hybridized carbons (Fsp3) is 0.458. The number of hydrogen-bond acceptors (Lipinski definition) is 5. The van der Waals surface area contributed by atoms with Gasteiger partial charge in [-0.2, -0.15) is 0 Å². The normalized spacial score (nSPS) is 23.6. The molecule has 2 fully saturated rings. The summed E-state index contributed by atoms with van der Waals surface area (Å²) in [7, 11) is 0. The van der Waals surface area contributed by atoms with Crippen LogP contribution in [0.3, 0.4) is 0 Å². The molecule has 164 valence electrons. The Morgan fingerprint density at radius 2 is 2.00 bits per heavy atom. The predicted octanol–water partition coefficient (Wildman–Crippen LogP) is 3.57. The smallest absolute Gasteiger partial charge is 0.251 e. The van der Waals surface area contributed by atoms with Gasteiger partial charge in [0.1, 0.15) is 18.2 Å². The largest absolute Gasteiger partial charge is 0.367 e. The zero-order valence-corrected chi connectivity index (χ0v) is 18.7. The fourth-order valence-corrected chi connectivity index (χ4v) is 5.25. The van der Waals surface area contributed by atoms with E-state index in [1.807, 2.05) is 43.5 Å². The second-order valence-corrected chi connectivity index (χ2v) is 9.73. The number of Topliss-reactive ketones (excluding diaryl/α,β-unsaturated/α-hetero) is 1. The lowest BCUT2D eigenvalue weighted by atomic mass is 9.91. The molecule has 1 aromatic carbocycles. The molecule has 6 nitrogen and oxygen atoms in total. The van der Waals surface area contributed by atoms with Crippen molar-refractivity contribution in [2.75, 3.05) is 6.61 Å². The van der Waals surface area contributed by atoms with E-state index in [0.29, 0.717) is 18.4 Å². The van der Waals surface area contributed by atoms with Crippen molar-refractivity contribution >= 4 is 28.9 Å². The lowest BCUT2D eigenvalue weighted by molar-refractivity contribution is -0.131. The predicted molar refractivity (Wildman–Crippen MR) is 120 cm³/mol. The van der Waals surface area contributed by atoms with Crippen molar-refractivity contribution in [3.63, 3.8) is 0 Å². The van der Waals surface area contributed by atoms with Crippen LogP contribution in [0, 0.1) is 5.92 Å². The Bertz CT molecular complexity index is 954. The van der Waals surface area contributed by atoms with Crippen molar-refractivity contribution in [2.24, 2.45) is 5.92 Å². The second kappa shape index (κ2) is 8.93. The molecule has 1 aliphatic carbocycles. The van der Waals surface area contributed by atoms with E-state index in [9.17, 15) is 14.4 Å². The van der Waals surface area contributed by atoms with Crippen molar-refractivity contribution in [2.45, 2.75) is 57.2 Å². The monoisotopic (exact) mass is 440 g/mol. The molecule has 0 spiro atoms. The van der Waals surface area contributed by atoms with E-state index in [1.165, 1.54) is 0 Å². The molecule has 1 saturated carbocycles. The SMILES string of the molecule is CC(C)CC(NC(=O)c1ccc(-c2cccs2)cc1)C(=O)NC12CCCC1OCC2=O. The molecule has 2 aliphatic rings. The first-order chi connectivity index (χ1) is 14.9. The van der Waals surface area contributed by atoms with Crippen molar-refractivity contribution < 1.29 is 19.1 Å². The van der Waals surface area contributed by atoms with E-state index < -0.39 is 11.6 Å². The summed E-state index contributed by atoms with van der Waals surface area (Å²) in [6, 6.07) is 10.7. The van der Waals surface area contributed by atoms with Gasteiger partial charge in [0.15, 0.2) is 5.78 Å². The summed E-state index contributed by atoms with van der Waals surface area (Å²) in [4.78, 5) is 39.7. The molecule has 1 aromatic heterocycles. The number of hydrogen-bond donors (Lipinski definition) is 2. The van der Waals surface area contributed by atoms with Crippen molar-refractivity contribution in [1.29, 1.82) is 0 Å². The molecule has 0 radical (unpaired) electrons. The van der Waals surface area contributed by atoms with Crippen LogP contribution in [0.4, 0.5) is 0 Å². The number of ether oxygens (including phenoxy) is 1. The first-order valence-corrected chi connectivity index (χ1v) is 11.7. The first kappa shape index (κ1) is 21.7. The van der Waals surface area contributed by atoms with E-state index in [4.69, 9.17) is 4.74 Å². The second-order valence-electron chi connectivity index (χ2n) is 8.79. The summed E-state index contributed by atoms with van der Waals surface area (Å²) in [5.41, 5.74) is 0.618. The molecule has 31 heavy (non-hydrogen) atoms. The lowest BCUT2D eigenvalue weighted by Gasteiger charge is -2.30. The maximum Gasteiger partial charge on any atom is 0.251 e. The zero-order valence-electron chi connectivity index (χ0n) is 17.9. The molecule has 1 saturated heterocycles. The van der Waals surface area contributed by atoms with E-state index in [-0.39, 0.29) is 36.2 Å². The molecule has 3 atom stereocenters. The molecule has 4 rings (SSSR count). The average Bonchev–Trinajstić information content (AvgIpc) is 3.47. The third-order valence-corrected chi connectivity index (χ3v) is 7.05. The number of fused-ring (bicyclic) bond motifs is 1. The van der Waals surface area contributed by atoms with Gasteiger partial charge in [-0.25, -0.2) is 0 Å². The van der Waals surface area contributed by atoms with Crippen LogP contribution in [0.2, 0.25) is 0 Å². The molecule has 2 aromatic rings. The third kappa shape index (κ3) is 4.43. The Hall–Kier alpha value is -2.51. The quantitative estimate of drug-likeness (QED) is 0.689. The number of nitrogens with one attached hydrogen (secondary N) is 2. The highest BCUT2D eigenvalue weighted by atomic mass is 32.1. The minimum atomic E-state index is -0.931. The van der Waals surface area contributed by atoms with Crippen molar-refractivity contribution in [1.82, 2.24) is 10.6 Å². The Balaban J connectivity index is 1.47.